The van der Waals surface area contributed by atoms with Crippen molar-refractivity contribution >= 4 is 29.9 Å². The fraction of sp³-hybridized carbons (Fsp3) is 0.357. The molecule has 3 nitrogen and oxygen atoms in total. The molecule has 0 amide bonds. The minimum Gasteiger partial charge on any atom is -0.345 e. The van der Waals surface area contributed by atoms with Crippen LogP contribution in [0.25, 0.3) is 0 Å². The maximum Gasteiger partial charge on any atom is 0.416 e. The van der Waals surface area contributed by atoms with E-state index in [-0.39, 0.29) is 24.0 Å². The molecular formula is C14H15F3IN3. The van der Waals surface area contributed by atoms with Crippen molar-refractivity contribution in [2.75, 3.05) is 26.7 Å². The molecule has 114 valence electrons. The monoisotopic (exact) mass is 409 g/mol. The van der Waals surface area contributed by atoms with Crippen LogP contribution in [0.5, 0.6) is 0 Å². The van der Waals surface area contributed by atoms with Gasteiger partial charge in [-0.2, -0.15) is 13.2 Å². The summed E-state index contributed by atoms with van der Waals surface area (Å²) in [6.45, 7) is 1.96. The molecule has 1 aliphatic heterocycles. The van der Waals surface area contributed by atoms with Crippen molar-refractivity contribution in [1.82, 2.24) is 10.2 Å². The Labute approximate surface area is 138 Å². The molecule has 7 heteroatoms. The van der Waals surface area contributed by atoms with E-state index in [0.717, 1.165) is 31.2 Å². The molecule has 2 rings (SSSR count). The third kappa shape index (κ3) is 5.12. The summed E-state index contributed by atoms with van der Waals surface area (Å²) in [6.07, 6.45) is -4.34. The first-order chi connectivity index (χ1) is 9.47. The Morgan fingerprint density at radius 3 is 2.76 bits per heavy atom. The largest absolute Gasteiger partial charge is 0.416 e. The summed E-state index contributed by atoms with van der Waals surface area (Å²) in [6, 6.07) is 4.99. The van der Waals surface area contributed by atoms with E-state index in [2.05, 4.69) is 22.2 Å². The predicted octanol–water partition coefficient (Wildman–Crippen LogP) is 2.57. The Morgan fingerprint density at radius 1 is 1.38 bits per heavy atom. The highest BCUT2D eigenvalue weighted by Crippen LogP contribution is 2.29. The van der Waals surface area contributed by atoms with Crippen LogP contribution < -0.4 is 5.32 Å². The van der Waals surface area contributed by atoms with Crippen LogP contribution in [0.4, 0.5) is 13.2 Å². The SMILES string of the molecule is CN1CCN=C1NCC#Cc1cccc(C(F)(F)F)c1.I. The van der Waals surface area contributed by atoms with Gasteiger partial charge in [0.25, 0.3) is 0 Å². The maximum atomic E-state index is 12.5. The first-order valence-electron chi connectivity index (χ1n) is 6.12. The third-order valence-corrected chi connectivity index (χ3v) is 2.82. The lowest BCUT2D eigenvalue weighted by molar-refractivity contribution is -0.137. The van der Waals surface area contributed by atoms with Crippen molar-refractivity contribution in [3.05, 3.63) is 35.4 Å². The second kappa shape index (κ2) is 7.54. The van der Waals surface area contributed by atoms with Gasteiger partial charge in [0, 0.05) is 19.2 Å². The molecule has 1 aliphatic rings. The van der Waals surface area contributed by atoms with Gasteiger partial charge in [0.2, 0.25) is 0 Å². The fourth-order valence-electron chi connectivity index (χ4n) is 1.77. The third-order valence-electron chi connectivity index (χ3n) is 2.82. The fourth-order valence-corrected chi connectivity index (χ4v) is 1.77. The molecule has 0 aromatic heterocycles. The first-order valence-corrected chi connectivity index (χ1v) is 6.12. The molecule has 0 saturated carbocycles. The van der Waals surface area contributed by atoms with E-state index in [1.807, 2.05) is 11.9 Å². The molecule has 0 radical (unpaired) electrons. The number of alkyl halides is 3. The van der Waals surface area contributed by atoms with Crippen LogP contribution in [0.15, 0.2) is 29.3 Å². The van der Waals surface area contributed by atoms with Crippen LogP contribution in [0.2, 0.25) is 0 Å². The smallest absolute Gasteiger partial charge is 0.345 e. The van der Waals surface area contributed by atoms with Crippen LogP contribution >= 0.6 is 24.0 Å². The second-order valence-corrected chi connectivity index (χ2v) is 4.36. The molecule has 0 unspecified atom stereocenters. The summed E-state index contributed by atoms with van der Waals surface area (Å²) in [7, 11) is 1.92. The minimum atomic E-state index is -4.34. The Balaban J connectivity index is 0.00000220. The number of hydrogen-bond acceptors (Lipinski definition) is 3. The van der Waals surface area contributed by atoms with Gasteiger partial charge < -0.3 is 10.2 Å². The number of hydrogen-bond donors (Lipinski definition) is 1. The average Bonchev–Trinajstić information content (AvgIpc) is 2.80. The number of aliphatic imine (C=N–C) groups is 1. The topological polar surface area (TPSA) is 27.6 Å². The molecule has 1 aromatic rings. The normalized spacial score (nSPS) is 13.9. The summed E-state index contributed by atoms with van der Waals surface area (Å²) in [5, 5.41) is 3.03. The summed E-state index contributed by atoms with van der Waals surface area (Å²) in [5.41, 5.74) is -0.333. The molecule has 0 fully saturated rings. The lowest BCUT2D eigenvalue weighted by atomic mass is 10.1. The maximum absolute atomic E-state index is 12.5. The second-order valence-electron chi connectivity index (χ2n) is 4.36. The van der Waals surface area contributed by atoms with E-state index < -0.39 is 11.7 Å². The van der Waals surface area contributed by atoms with Crippen LogP contribution in [0.3, 0.4) is 0 Å². The number of halogens is 4. The van der Waals surface area contributed by atoms with E-state index in [9.17, 15) is 13.2 Å². The standard InChI is InChI=1S/C14H14F3N3.HI/c1-20-9-8-19-13(20)18-7-3-5-11-4-2-6-12(10-11)14(15,16)17;/h2,4,6,10H,7-9H2,1H3,(H,18,19);1H. The molecule has 1 heterocycles. The molecule has 0 spiro atoms. The van der Waals surface area contributed by atoms with Crippen molar-refractivity contribution in [2.45, 2.75) is 6.18 Å². The van der Waals surface area contributed by atoms with Crippen molar-refractivity contribution in [2.24, 2.45) is 4.99 Å². The highest BCUT2D eigenvalue weighted by atomic mass is 127. The van der Waals surface area contributed by atoms with Crippen LogP contribution in [-0.2, 0) is 6.18 Å². The molecule has 0 atom stereocenters. The minimum absolute atomic E-state index is 0. The molecule has 21 heavy (non-hydrogen) atoms. The van der Waals surface area contributed by atoms with Crippen molar-refractivity contribution < 1.29 is 13.2 Å². The lowest BCUT2D eigenvalue weighted by Gasteiger charge is -2.13. The van der Waals surface area contributed by atoms with Gasteiger partial charge in [-0.3, -0.25) is 4.99 Å². The molecule has 0 saturated heterocycles. The number of nitrogens with one attached hydrogen (secondary N) is 1. The van der Waals surface area contributed by atoms with Crippen LogP contribution in [0, 0.1) is 11.8 Å². The lowest BCUT2D eigenvalue weighted by Crippen LogP contribution is -2.35. The number of likely N-dealkylation sites (N-methyl/N-ethyl adjacent to an activating group) is 1. The van der Waals surface area contributed by atoms with Crippen molar-refractivity contribution in [3.63, 3.8) is 0 Å². The van der Waals surface area contributed by atoms with Gasteiger partial charge in [0.05, 0.1) is 18.7 Å². The van der Waals surface area contributed by atoms with E-state index in [1.165, 1.54) is 6.07 Å². The molecular weight excluding hydrogens is 394 g/mol. The van der Waals surface area contributed by atoms with Crippen molar-refractivity contribution in [3.8, 4) is 11.8 Å². The Hall–Kier alpha value is -1.43. The molecule has 1 N–H and O–H groups in total. The quantitative estimate of drug-likeness (QED) is 0.571. The Morgan fingerprint density at radius 2 is 2.14 bits per heavy atom. The summed E-state index contributed by atoms with van der Waals surface area (Å²) < 4.78 is 37.6. The zero-order valence-corrected chi connectivity index (χ0v) is 13.7. The number of nitrogens with zero attached hydrogens (tertiary/aromatic N) is 2. The van der Waals surface area contributed by atoms with E-state index >= 15 is 0 Å². The molecule has 0 aliphatic carbocycles. The van der Waals surface area contributed by atoms with Crippen molar-refractivity contribution in [1.29, 1.82) is 0 Å². The average molecular weight is 409 g/mol. The summed E-state index contributed by atoms with van der Waals surface area (Å²) in [4.78, 5) is 6.19. The highest BCUT2D eigenvalue weighted by molar-refractivity contribution is 14.0. The van der Waals surface area contributed by atoms with Gasteiger partial charge >= 0.3 is 6.18 Å². The van der Waals surface area contributed by atoms with Gasteiger partial charge in [-0.05, 0) is 18.2 Å². The predicted molar refractivity (Wildman–Crippen MR) is 86.7 cm³/mol. The van der Waals surface area contributed by atoms with Gasteiger partial charge in [-0.25, -0.2) is 0 Å². The Kier molecular flexibility index (Phi) is 6.33. The summed E-state index contributed by atoms with van der Waals surface area (Å²) >= 11 is 0. The van der Waals surface area contributed by atoms with Gasteiger partial charge in [-0.15, -0.1) is 24.0 Å². The van der Waals surface area contributed by atoms with Gasteiger partial charge in [-0.1, -0.05) is 17.9 Å². The molecule has 0 bridgehead atoms. The van der Waals surface area contributed by atoms with E-state index in [0.29, 0.717) is 12.1 Å². The number of rotatable bonds is 1. The van der Waals surface area contributed by atoms with Gasteiger partial charge in [0.15, 0.2) is 5.96 Å². The Bertz CT molecular complexity index is 573. The summed E-state index contributed by atoms with van der Waals surface area (Å²) in [5.74, 6) is 6.27. The highest BCUT2D eigenvalue weighted by Gasteiger charge is 2.30. The van der Waals surface area contributed by atoms with E-state index in [1.54, 1.807) is 6.07 Å². The molecule has 1 aromatic carbocycles. The number of guanidine groups is 1. The zero-order chi connectivity index (χ0) is 14.6. The zero-order valence-electron chi connectivity index (χ0n) is 11.4. The van der Waals surface area contributed by atoms with Gasteiger partial charge in [0.1, 0.15) is 0 Å². The van der Waals surface area contributed by atoms with Crippen LogP contribution in [0.1, 0.15) is 11.1 Å². The number of benzene rings is 1. The first kappa shape index (κ1) is 17.6. The van der Waals surface area contributed by atoms with E-state index in [4.69, 9.17) is 0 Å². The van der Waals surface area contributed by atoms with Crippen LogP contribution in [-0.4, -0.2) is 37.5 Å².